The molecule has 0 aliphatic rings. The molecule has 0 aromatic heterocycles. The second kappa shape index (κ2) is 5.65. The fourth-order valence-corrected chi connectivity index (χ4v) is 0.523. The van der Waals surface area contributed by atoms with Crippen LogP contribution in [0.4, 0.5) is 0 Å². The van der Waals surface area contributed by atoms with Gasteiger partial charge in [-0.2, -0.15) is 0 Å². The molecule has 0 aromatic carbocycles. The molecule has 1 heteroatoms. The SMILES string of the molecule is CCC#CC(CC)CO. The molecule has 0 fully saturated rings. The van der Waals surface area contributed by atoms with Crippen molar-refractivity contribution in [2.45, 2.75) is 26.7 Å². The maximum absolute atomic E-state index is 8.65. The predicted octanol–water partition coefficient (Wildman–Crippen LogP) is 1.42. The third-order valence-electron chi connectivity index (χ3n) is 1.20. The number of hydrogen-bond acceptors (Lipinski definition) is 1. The van der Waals surface area contributed by atoms with Crippen LogP contribution in [0.3, 0.4) is 0 Å². The van der Waals surface area contributed by atoms with Crippen LogP contribution < -0.4 is 0 Å². The fraction of sp³-hybridized carbons (Fsp3) is 0.750. The number of rotatable bonds is 2. The van der Waals surface area contributed by atoms with E-state index in [2.05, 4.69) is 11.8 Å². The summed E-state index contributed by atoms with van der Waals surface area (Å²) >= 11 is 0. The van der Waals surface area contributed by atoms with E-state index in [1.807, 2.05) is 13.8 Å². The standard InChI is InChI=1S/C8H14O/c1-3-5-6-8(4-2)7-9/h8-9H,3-4,7H2,1-2H3. The van der Waals surface area contributed by atoms with Gasteiger partial charge in [0.1, 0.15) is 0 Å². The Morgan fingerprint density at radius 1 is 1.44 bits per heavy atom. The van der Waals surface area contributed by atoms with Gasteiger partial charge in [-0.3, -0.25) is 0 Å². The lowest BCUT2D eigenvalue weighted by atomic mass is 10.1. The number of hydrogen-bond donors (Lipinski definition) is 1. The monoisotopic (exact) mass is 126 g/mol. The molecule has 1 N–H and O–H groups in total. The molecule has 0 aromatic rings. The zero-order chi connectivity index (χ0) is 7.11. The molecule has 0 rings (SSSR count). The second-order valence-electron chi connectivity index (χ2n) is 1.96. The van der Waals surface area contributed by atoms with Gasteiger partial charge in [-0.1, -0.05) is 19.8 Å². The van der Waals surface area contributed by atoms with E-state index >= 15 is 0 Å². The summed E-state index contributed by atoms with van der Waals surface area (Å²) in [4.78, 5) is 0. The smallest absolute Gasteiger partial charge is 0.0568 e. The van der Waals surface area contributed by atoms with Gasteiger partial charge in [-0.15, -0.1) is 5.92 Å². The van der Waals surface area contributed by atoms with E-state index in [0.29, 0.717) is 0 Å². The van der Waals surface area contributed by atoms with Crippen molar-refractivity contribution in [2.24, 2.45) is 5.92 Å². The lowest BCUT2D eigenvalue weighted by Crippen LogP contribution is -1.99. The highest BCUT2D eigenvalue weighted by Gasteiger charge is 1.95. The van der Waals surface area contributed by atoms with Crippen LogP contribution in [0.15, 0.2) is 0 Å². The van der Waals surface area contributed by atoms with E-state index in [1.165, 1.54) is 0 Å². The summed E-state index contributed by atoms with van der Waals surface area (Å²) in [6.45, 7) is 4.24. The largest absolute Gasteiger partial charge is 0.395 e. The maximum Gasteiger partial charge on any atom is 0.0568 e. The first kappa shape index (κ1) is 8.52. The minimum Gasteiger partial charge on any atom is -0.395 e. The van der Waals surface area contributed by atoms with Crippen molar-refractivity contribution in [1.29, 1.82) is 0 Å². The van der Waals surface area contributed by atoms with E-state index in [0.717, 1.165) is 12.8 Å². The molecule has 52 valence electrons. The van der Waals surface area contributed by atoms with E-state index < -0.39 is 0 Å². The Hall–Kier alpha value is -0.480. The lowest BCUT2D eigenvalue weighted by Gasteiger charge is -1.98. The molecular formula is C8H14O. The Kier molecular flexibility index (Phi) is 5.35. The molecule has 0 saturated heterocycles. The molecule has 0 saturated carbocycles. The quantitative estimate of drug-likeness (QED) is 0.555. The maximum atomic E-state index is 8.65. The molecule has 0 amide bonds. The van der Waals surface area contributed by atoms with E-state index in [4.69, 9.17) is 5.11 Å². The summed E-state index contributed by atoms with van der Waals surface area (Å²) in [5.74, 6) is 6.11. The first-order chi connectivity index (χ1) is 4.35. The van der Waals surface area contributed by atoms with Crippen LogP contribution in [0.5, 0.6) is 0 Å². The topological polar surface area (TPSA) is 20.2 Å². The predicted molar refractivity (Wildman–Crippen MR) is 38.9 cm³/mol. The van der Waals surface area contributed by atoms with Gasteiger partial charge in [0.25, 0.3) is 0 Å². The normalized spacial score (nSPS) is 11.9. The van der Waals surface area contributed by atoms with Crippen LogP contribution in [0.1, 0.15) is 26.7 Å². The summed E-state index contributed by atoms with van der Waals surface area (Å²) in [6.07, 6.45) is 1.83. The van der Waals surface area contributed by atoms with Gasteiger partial charge in [0.15, 0.2) is 0 Å². The Morgan fingerprint density at radius 3 is 2.44 bits per heavy atom. The van der Waals surface area contributed by atoms with Gasteiger partial charge in [0.2, 0.25) is 0 Å². The highest BCUT2D eigenvalue weighted by molar-refractivity contribution is 5.02. The molecule has 1 unspecified atom stereocenters. The van der Waals surface area contributed by atoms with Crippen molar-refractivity contribution in [3.8, 4) is 11.8 Å². The molecule has 9 heavy (non-hydrogen) atoms. The highest BCUT2D eigenvalue weighted by Crippen LogP contribution is 1.97. The van der Waals surface area contributed by atoms with E-state index in [1.54, 1.807) is 0 Å². The van der Waals surface area contributed by atoms with Gasteiger partial charge >= 0.3 is 0 Å². The summed E-state index contributed by atoms with van der Waals surface area (Å²) in [6, 6.07) is 0. The molecule has 0 aliphatic carbocycles. The lowest BCUT2D eigenvalue weighted by molar-refractivity contribution is 0.254. The molecule has 0 spiro atoms. The van der Waals surface area contributed by atoms with Gasteiger partial charge < -0.3 is 5.11 Å². The van der Waals surface area contributed by atoms with Crippen LogP contribution in [-0.2, 0) is 0 Å². The van der Waals surface area contributed by atoms with Crippen LogP contribution in [0, 0.1) is 17.8 Å². The third kappa shape index (κ3) is 4.05. The van der Waals surface area contributed by atoms with Crippen LogP contribution in [0.2, 0.25) is 0 Å². The van der Waals surface area contributed by atoms with Crippen molar-refractivity contribution < 1.29 is 5.11 Å². The Bertz CT molecular complexity index is 103. The average molecular weight is 126 g/mol. The zero-order valence-electron chi connectivity index (χ0n) is 6.15. The second-order valence-corrected chi connectivity index (χ2v) is 1.96. The molecule has 0 aliphatic heterocycles. The number of aliphatic hydroxyl groups excluding tert-OH is 1. The molecule has 0 bridgehead atoms. The summed E-state index contributed by atoms with van der Waals surface area (Å²) in [7, 11) is 0. The molecule has 1 atom stereocenters. The summed E-state index contributed by atoms with van der Waals surface area (Å²) in [5.41, 5.74) is 0. The van der Waals surface area contributed by atoms with Crippen LogP contribution in [-0.4, -0.2) is 11.7 Å². The molecule has 1 nitrogen and oxygen atoms in total. The minimum atomic E-state index is 0.198. The Balaban J connectivity index is 3.54. The Labute approximate surface area is 57.1 Å². The fourth-order valence-electron chi connectivity index (χ4n) is 0.523. The summed E-state index contributed by atoms with van der Waals surface area (Å²) < 4.78 is 0. The van der Waals surface area contributed by atoms with Crippen LogP contribution >= 0.6 is 0 Å². The van der Waals surface area contributed by atoms with Crippen molar-refractivity contribution in [3.05, 3.63) is 0 Å². The van der Waals surface area contributed by atoms with E-state index in [-0.39, 0.29) is 12.5 Å². The van der Waals surface area contributed by atoms with Gasteiger partial charge in [0, 0.05) is 12.3 Å². The van der Waals surface area contributed by atoms with Gasteiger partial charge in [-0.25, -0.2) is 0 Å². The third-order valence-corrected chi connectivity index (χ3v) is 1.20. The highest BCUT2D eigenvalue weighted by atomic mass is 16.3. The molecular weight excluding hydrogens is 112 g/mol. The van der Waals surface area contributed by atoms with Gasteiger partial charge in [0.05, 0.1) is 6.61 Å². The van der Waals surface area contributed by atoms with Crippen molar-refractivity contribution >= 4 is 0 Å². The average Bonchev–Trinajstić information content (AvgIpc) is 1.91. The van der Waals surface area contributed by atoms with Crippen molar-refractivity contribution in [1.82, 2.24) is 0 Å². The minimum absolute atomic E-state index is 0.198. The van der Waals surface area contributed by atoms with E-state index in [9.17, 15) is 0 Å². The summed E-state index contributed by atoms with van der Waals surface area (Å²) in [5, 5.41) is 8.65. The molecule has 0 heterocycles. The first-order valence-electron chi connectivity index (χ1n) is 3.44. The van der Waals surface area contributed by atoms with Crippen molar-refractivity contribution in [2.75, 3.05) is 6.61 Å². The zero-order valence-corrected chi connectivity index (χ0v) is 6.15. The first-order valence-corrected chi connectivity index (χ1v) is 3.44. The number of aliphatic hydroxyl groups is 1. The van der Waals surface area contributed by atoms with Crippen molar-refractivity contribution in [3.63, 3.8) is 0 Å². The van der Waals surface area contributed by atoms with Crippen LogP contribution in [0.25, 0.3) is 0 Å². The Morgan fingerprint density at radius 2 is 2.11 bits per heavy atom. The molecule has 0 radical (unpaired) electrons. The van der Waals surface area contributed by atoms with Gasteiger partial charge in [-0.05, 0) is 6.42 Å².